The molecule has 1 aromatic rings. The lowest BCUT2D eigenvalue weighted by Crippen LogP contribution is -2.11. The minimum absolute atomic E-state index is 0.189. The first-order valence-corrected chi connectivity index (χ1v) is 4.01. The van der Waals surface area contributed by atoms with Gasteiger partial charge < -0.3 is 5.32 Å². The van der Waals surface area contributed by atoms with Crippen molar-refractivity contribution >= 4 is 5.69 Å². The van der Waals surface area contributed by atoms with Crippen LogP contribution < -0.4 is 5.32 Å². The van der Waals surface area contributed by atoms with Gasteiger partial charge in [-0.2, -0.15) is 5.26 Å². The van der Waals surface area contributed by atoms with Crippen molar-refractivity contribution in [1.29, 1.82) is 5.26 Å². The SMILES string of the molecule is C=CC(C)Nc1ccnc(C#N)c1. The maximum atomic E-state index is 8.59. The molecule has 0 fully saturated rings. The van der Waals surface area contributed by atoms with Gasteiger partial charge in [0.2, 0.25) is 0 Å². The number of nitrogens with one attached hydrogen (secondary N) is 1. The molecule has 1 N–H and O–H groups in total. The summed E-state index contributed by atoms with van der Waals surface area (Å²) in [7, 11) is 0. The molecule has 1 aromatic heterocycles. The number of nitrogens with zero attached hydrogens (tertiary/aromatic N) is 2. The highest BCUT2D eigenvalue weighted by Gasteiger charge is 1.97. The van der Waals surface area contributed by atoms with E-state index in [0.717, 1.165) is 5.69 Å². The summed E-state index contributed by atoms with van der Waals surface area (Å²) in [5.41, 5.74) is 1.31. The highest BCUT2D eigenvalue weighted by atomic mass is 14.9. The second kappa shape index (κ2) is 4.27. The number of anilines is 1. The molecular formula is C10H11N3. The van der Waals surface area contributed by atoms with Gasteiger partial charge in [-0.05, 0) is 19.1 Å². The van der Waals surface area contributed by atoms with E-state index in [1.165, 1.54) is 0 Å². The van der Waals surface area contributed by atoms with Crippen molar-refractivity contribution in [2.24, 2.45) is 0 Å². The lowest BCUT2D eigenvalue weighted by molar-refractivity contribution is 0.999. The second-order valence-electron chi connectivity index (χ2n) is 2.71. The first kappa shape index (κ1) is 9.27. The zero-order valence-corrected chi connectivity index (χ0v) is 7.49. The highest BCUT2D eigenvalue weighted by Crippen LogP contribution is 2.08. The Hall–Kier alpha value is -1.82. The molecule has 1 atom stereocenters. The predicted molar refractivity (Wildman–Crippen MR) is 52.2 cm³/mol. The third-order valence-corrected chi connectivity index (χ3v) is 1.62. The van der Waals surface area contributed by atoms with Gasteiger partial charge in [0.05, 0.1) is 0 Å². The van der Waals surface area contributed by atoms with E-state index in [1.807, 2.05) is 19.1 Å². The molecule has 0 aliphatic rings. The van der Waals surface area contributed by atoms with Gasteiger partial charge in [0.25, 0.3) is 0 Å². The van der Waals surface area contributed by atoms with E-state index in [0.29, 0.717) is 5.69 Å². The molecule has 1 heterocycles. The summed E-state index contributed by atoms with van der Waals surface area (Å²) in [5, 5.41) is 11.8. The Morgan fingerprint density at radius 2 is 2.54 bits per heavy atom. The fraction of sp³-hybridized carbons (Fsp3) is 0.200. The zero-order chi connectivity index (χ0) is 9.68. The van der Waals surface area contributed by atoms with Crippen molar-refractivity contribution in [3.05, 3.63) is 36.7 Å². The van der Waals surface area contributed by atoms with Crippen molar-refractivity contribution < 1.29 is 0 Å². The summed E-state index contributed by atoms with van der Waals surface area (Å²) in [5.74, 6) is 0. The van der Waals surface area contributed by atoms with Crippen LogP contribution in [0.25, 0.3) is 0 Å². The van der Waals surface area contributed by atoms with Crippen molar-refractivity contribution in [2.45, 2.75) is 13.0 Å². The molecule has 66 valence electrons. The van der Waals surface area contributed by atoms with Crippen molar-refractivity contribution in [1.82, 2.24) is 4.98 Å². The van der Waals surface area contributed by atoms with E-state index in [4.69, 9.17) is 5.26 Å². The summed E-state index contributed by atoms with van der Waals surface area (Å²) < 4.78 is 0. The maximum absolute atomic E-state index is 8.59. The van der Waals surface area contributed by atoms with Crippen molar-refractivity contribution in [3.63, 3.8) is 0 Å². The van der Waals surface area contributed by atoms with E-state index in [2.05, 4.69) is 16.9 Å². The second-order valence-corrected chi connectivity index (χ2v) is 2.71. The van der Waals surface area contributed by atoms with Crippen LogP contribution in [0.4, 0.5) is 5.69 Å². The molecule has 0 radical (unpaired) electrons. The van der Waals surface area contributed by atoms with Gasteiger partial charge in [-0.1, -0.05) is 6.08 Å². The van der Waals surface area contributed by atoms with E-state index in [-0.39, 0.29) is 6.04 Å². The third-order valence-electron chi connectivity index (χ3n) is 1.62. The van der Waals surface area contributed by atoms with E-state index < -0.39 is 0 Å². The van der Waals surface area contributed by atoms with Crippen LogP contribution in [0.1, 0.15) is 12.6 Å². The lowest BCUT2D eigenvalue weighted by atomic mass is 10.3. The largest absolute Gasteiger partial charge is 0.379 e. The van der Waals surface area contributed by atoms with E-state index in [9.17, 15) is 0 Å². The molecule has 3 nitrogen and oxygen atoms in total. The standard InChI is InChI=1S/C10H11N3/c1-3-8(2)13-9-4-5-12-10(6-9)7-11/h3-6,8H,1H2,2H3,(H,12,13). The molecule has 1 rings (SSSR count). The molecule has 0 bridgehead atoms. The minimum atomic E-state index is 0.189. The fourth-order valence-electron chi connectivity index (χ4n) is 0.903. The Kier molecular flexibility index (Phi) is 3.04. The number of pyridine rings is 1. The summed E-state index contributed by atoms with van der Waals surface area (Å²) >= 11 is 0. The molecule has 13 heavy (non-hydrogen) atoms. The number of rotatable bonds is 3. The first-order valence-electron chi connectivity index (χ1n) is 4.01. The molecule has 1 unspecified atom stereocenters. The normalized spacial score (nSPS) is 11.4. The third kappa shape index (κ3) is 2.60. The minimum Gasteiger partial charge on any atom is -0.379 e. The van der Waals surface area contributed by atoms with Crippen LogP contribution in [0.5, 0.6) is 0 Å². The van der Waals surface area contributed by atoms with Crippen LogP contribution in [0.15, 0.2) is 31.0 Å². The van der Waals surface area contributed by atoms with E-state index >= 15 is 0 Å². The highest BCUT2D eigenvalue weighted by molar-refractivity contribution is 5.47. The van der Waals surface area contributed by atoms with Crippen LogP contribution in [0, 0.1) is 11.3 Å². The smallest absolute Gasteiger partial charge is 0.142 e. The average molecular weight is 173 g/mol. The molecule has 0 aromatic carbocycles. The molecule has 0 spiro atoms. The van der Waals surface area contributed by atoms with Gasteiger partial charge >= 0.3 is 0 Å². The number of nitriles is 1. The molecule has 0 saturated carbocycles. The van der Waals surface area contributed by atoms with Crippen LogP contribution >= 0.6 is 0 Å². The summed E-state index contributed by atoms with van der Waals surface area (Å²) in [4.78, 5) is 3.86. The maximum Gasteiger partial charge on any atom is 0.142 e. The van der Waals surface area contributed by atoms with Gasteiger partial charge in [-0.25, -0.2) is 4.98 Å². The molecule has 0 saturated heterocycles. The zero-order valence-electron chi connectivity index (χ0n) is 7.49. The Morgan fingerprint density at radius 1 is 1.77 bits per heavy atom. The topological polar surface area (TPSA) is 48.7 Å². The van der Waals surface area contributed by atoms with Crippen LogP contribution in [0.3, 0.4) is 0 Å². The lowest BCUT2D eigenvalue weighted by Gasteiger charge is -2.09. The van der Waals surface area contributed by atoms with Gasteiger partial charge in [0.15, 0.2) is 0 Å². The first-order chi connectivity index (χ1) is 6.26. The molecular weight excluding hydrogens is 162 g/mol. The van der Waals surface area contributed by atoms with Gasteiger partial charge in [0, 0.05) is 17.9 Å². The van der Waals surface area contributed by atoms with Gasteiger partial charge in [-0.3, -0.25) is 0 Å². The van der Waals surface area contributed by atoms with Gasteiger partial charge in [0.1, 0.15) is 11.8 Å². The summed E-state index contributed by atoms with van der Waals surface area (Å²) in [6.07, 6.45) is 3.41. The van der Waals surface area contributed by atoms with Crippen LogP contribution in [-0.4, -0.2) is 11.0 Å². The Labute approximate surface area is 77.7 Å². The van der Waals surface area contributed by atoms with Crippen molar-refractivity contribution in [3.8, 4) is 6.07 Å². The number of hydrogen-bond acceptors (Lipinski definition) is 3. The van der Waals surface area contributed by atoms with Crippen LogP contribution in [0.2, 0.25) is 0 Å². The quantitative estimate of drug-likeness (QED) is 0.710. The fourth-order valence-corrected chi connectivity index (χ4v) is 0.903. The summed E-state index contributed by atoms with van der Waals surface area (Å²) in [6.45, 7) is 5.64. The number of aromatic nitrogens is 1. The Morgan fingerprint density at radius 3 is 3.15 bits per heavy atom. The average Bonchev–Trinajstić information content (AvgIpc) is 2.18. The van der Waals surface area contributed by atoms with Crippen molar-refractivity contribution in [2.75, 3.05) is 5.32 Å². The number of hydrogen-bond donors (Lipinski definition) is 1. The molecule has 0 amide bonds. The monoisotopic (exact) mass is 173 g/mol. The molecule has 0 aliphatic carbocycles. The van der Waals surface area contributed by atoms with Crippen LogP contribution in [-0.2, 0) is 0 Å². The van der Waals surface area contributed by atoms with Gasteiger partial charge in [-0.15, -0.1) is 6.58 Å². The Balaban J connectivity index is 2.78. The van der Waals surface area contributed by atoms with E-state index in [1.54, 1.807) is 18.3 Å². The molecule has 3 heteroatoms. The predicted octanol–water partition coefficient (Wildman–Crippen LogP) is 1.94. The Bertz CT molecular complexity index is 338. The molecule has 0 aliphatic heterocycles. The summed E-state index contributed by atoms with van der Waals surface area (Å²) in [6, 6.07) is 5.70.